The molecule has 1 aromatic rings. The highest BCUT2D eigenvalue weighted by atomic mass is 35.5. The van der Waals surface area contributed by atoms with Crippen LogP contribution in [0.25, 0.3) is 6.08 Å². The van der Waals surface area contributed by atoms with Crippen molar-refractivity contribution in [1.29, 1.82) is 0 Å². The first-order valence-corrected chi connectivity index (χ1v) is 8.07. The van der Waals surface area contributed by atoms with Crippen molar-refractivity contribution < 1.29 is 9.90 Å². The van der Waals surface area contributed by atoms with Gasteiger partial charge in [0.1, 0.15) is 5.15 Å². The first-order chi connectivity index (χ1) is 10.4. The average molecular weight is 326 g/mol. The van der Waals surface area contributed by atoms with Gasteiger partial charge in [-0.2, -0.15) is 5.10 Å². The molecule has 1 fully saturated rings. The molecule has 2 heterocycles. The van der Waals surface area contributed by atoms with E-state index in [-0.39, 0.29) is 17.9 Å². The van der Waals surface area contributed by atoms with Crippen molar-refractivity contribution in [2.24, 2.45) is 12.5 Å². The lowest BCUT2D eigenvalue weighted by Crippen LogP contribution is -2.43. The molecule has 122 valence electrons. The predicted octanol–water partition coefficient (Wildman–Crippen LogP) is 2.41. The van der Waals surface area contributed by atoms with Crippen LogP contribution in [0.4, 0.5) is 0 Å². The van der Waals surface area contributed by atoms with Gasteiger partial charge in [0.25, 0.3) is 0 Å². The van der Waals surface area contributed by atoms with Gasteiger partial charge in [0.15, 0.2) is 0 Å². The normalized spacial score (nSPS) is 18.1. The number of aliphatic hydroxyl groups excluding tert-OH is 1. The number of aromatic nitrogens is 2. The number of halogens is 1. The van der Waals surface area contributed by atoms with Crippen molar-refractivity contribution in [3.63, 3.8) is 0 Å². The Morgan fingerprint density at radius 1 is 1.45 bits per heavy atom. The van der Waals surface area contributed by atoms with Crippen molar-refractivity contribution in [3.05, 3.63) is 22.5 Å². The van der Waals surface area contributed by atoms with E-state index >= 15 is 0 Å². The van der Waals surface area contributed by atoms with E-state index in [1.54, 1.807) is 23.9 Å². The summed E-state index contributed by atoms with van der Waals surface area (Å²) in [6.45, 7) is 5.55. The third-order valence-corrected chi connectivity index (χ3v) is 5.26. The molecule has 2 rings (SSSR count). The maximum absolute atomic E-state index is 12.3. The first-order valence-electron chi connectivity index (χ1n) is 7.69. The van der Waals surface area contributed by atoms with Crippen LogP contribution in [0.5, 0.6) is 0 Å². The second-order valence-corrected chi connectivity index (χ2v) is 6.44. The fraction of sp³-hybridized carbons (Fsp3) is 0.625. The fourth-order valence-electron chi connectivity index (χ4n) is 2.92. The van der Waals surface area contributed by atoms with Crippen molar-refractivity contribution in [2.75, 3.05) is 19.7 Å². The molecule has 1 aliphatic heterocycles. The zero-order valence-electron chi connectivity index (χ0n) is 13.5. The fourth-order valence-corrected chi connectivity index (χ4v) is 3.16. The third kappa shape index (κ3) is 3.36. The Morgan fingerprint density at radius 2 is 2.09 bits per heavy atom. The number of rotatable bonds is 4. The van der Waals surface area contributed by atoms with Gasteiger partial charge in [-0.05, 0) is 37.7 Å². The second-order valence-electron chi connectivity index (χ2n) is 6.08. The average Bonchev–Trinajstić information content (AvgIpc) is 2.78. The Morgan fingerprint density at radius 3 is 2.55 bits per heavy atom. The number of carbonyl (C=O) groups is 1. The van der Waals surface area contributed by atoms with Crippen LogP contribution in [0.1, 0.15) is 37.4 Å². The minimum atomic E-state index is -0.0121. The summed E-state index contributed by atoms with van der Waals surface area (Å²) < 4.78 is 1.60. The summed E-state index contributed by atoms with van der Waals surface area (Å²) in [6.07, 6.45) is 5.96. The lowest BCUT2D eigenvalue weighted by atomic mass is 9.77. The molecule has 0 saturated carbocycles. The maximum atomic E-state index is 12.3. The highest BCUT2D eigenvalue weighted by Crippen LogP contribution is 2.34. The smallest absolute Gasteiger partial charge is 0.246 e. The van der Waals surface area contributed by atoms with Gasteiger partial charge in [-0.25, -0.2) is 0 Å². The largest absolute Gasteiger partial charge is 0.396 e. The maximum Gasteiger partial charge on any atom is 0.246 e. The molecule has 0 aliphatic carbocycles. The molecule has 22 heavy (non-hydrogen) atoms. The third-order valence-electron chi connectivity index (χ3n) is 4.81. The predicted molar refractivity (Wildman–Crippen MR) is 87.6 cm³/mol. The van der Waals surface area contributed by atoms with Crippen molar-refractivity contribution in [2.45, 2.75) is 33.1 Å². The van der Waals surface area contributed by atoms with Gasteiger partial charge in [-0.1, -0.05) is 18.5 Å². The molecule has 1 aromatic heterocycles. The number of carbonyl (C=O) groups excluding carboxylic acids is 1. The molecule has 6 heteroatoms. The quantitative estimate of drug-likeness (QED) is 0.865. The zero-order valence-corrected chi connectivity index (χ0v) is 14.2. The van der Waals surface area contributed by atoms with Gasteiger partial charge in [-0.15, -0.1) is 0 Å². The molecule has 1 saturated heterocycles. The van der Waals surface area contributed by atoms with E-state index in [1.165, 1.54) is 0 Å². The Bertz CT molecular complexity index is 566. The number of likely N-dealkylation sites (tertiary alicyclic amines) is 1. The van der Waals surface area contributed by atoms with Crippen LogP contribution in [0, 0.1) is 12.3 Å². The zero-order chi connectivity index (χ0) is 16.3. The van der Waals surface area contributed by atoms with E-state index in [4.69, 9.17) is 11.6 Å². The van der Waals surface area contributed by atoms with Crippen molar-refractivity contribution in [1.82, 2.24) is 14.7 Å². The summed E-state index contributed by atoms with van der Waals surface area (Å²) in [5.74, 6) is -0.0121. The summed E-state index contributed by atoms with van der Waals surface area (Å²) in [5.41, 5.74) is 1.58. The summed E-state index contributed by atoms with van der Waals surface area (Å²) >= 11 is 6.15. The van der Waals surface area contributed by atoms with Gasteiger partial charge in [-0.3, -0.25) is 9.48 Å². The van der Waals surface area contributed by atoms with E-state index in [0.29, 0.717) is 18.2 Å². The van der Waals surface area contributed by atoms with Crippen LogP contribution in [0.2, 0.25) is 5.15 Å². The number of nitrogens with zero attached hydrogens (tertiary/aromatic N) is 3. The topological polar surface area (TPSA) is 58.4 Å². The molecule has 1 amide bonds. The molecule has 0 spiro atoms. The van der Waals surface area contributed by atoms with Crippen LogP contribution in [0.15, 0.2) is 6.08 Å². The lowest BCUT2D eigenvalue weighted by Gasteiger charge is -2.39. The van der Waals surface area contributed by atoms with Gasteiger partial charge in [0.2, 0.25) is 5.91 Å². The Hall–Kier alpha value is -1.33. The standard InChI is InChI=1S/C16H24ClN3O2/c1-4-16(11-21)7-9-20(10-8-16)14(22)6-5-13-12(2)18-19(3)15(13)17/h5-6,21H,4,7-11H2,1-3H3/b6-5+. The number of hydrogen-bond acceptors (Lipinski definition) is 3. The molecular weight excluding hydrogens is 302 g/mol. The van der Waals surface area contributed by atoms with Crippen molar-refractivity contribution >= 4 is 23.6 Å². The summed E-state index contributed by atoms with van der Waals surface area (Å²) in [7, 11) is 1.78. The molecule has 0 bridgehead atoms. The van der Waals surface area contributed by atoms with E-state index in [2.05, 4.69) is 12.0 Å². The van der Waals surface area contributed by atoms with Gasteiger partial charge in [0, 0.05) is 38.4 Å². The molecule has 0 unspecified atom stereocenters. The molecule has 1 aliphatic rings. The van der Waals surface area contributed by atoms with E-state index < -0.39 is 0 Å². The SMILES string of the molecule is CCC1(CO)CCN(C(=O)/C=C/c2c(C)nn(C)c2Cl)CC1. The number of piperidine rings is 1. The van der Waals surface area contributed by atoms with Crippen LogP contribution in [0.3, 0.4) is 0 Å². The molecule has 1 N–H and O–H groups in total. The monoisotopic (exact) mass is 325 g/mol. The van der Waals surface area contributed by atoms with Crippen LogP contribution in [-0.2, 0) is 11.8 Å². The number of hydrogen-bond donors (Lipinski definition) is 1. The Labute approximate surface area is 136 Å². The minimum absolute atomic E-state index is 0.0102. The number of aryl methyl sites for hydroxylation is 2. The van der Waals surface area contributed by atoms with Gasteiger partial charge >= 0.3 is 0 Å². The molecule has 0 radical (unpaired) electrons. The minimum Gasteiger partial charge on any atom is -0.396 e. The second kappa shape index (κ2) is 6.84. The molecule has 5 nitrogen and oxygen atoms in total. The number of amides is 1. The van der Waals surface area contributed by atoms with Gasteiger partial charge in [0.05, 0.1) is 5.69 Å². The van der Waals surface area contributed by atoms with E-state index in [9.17, 15) is 9.90 Å². The molecule has 0 aromatic carbocycles. The molecule has 0 atom stereocenters. The van der Waals surface area contributed by atoms with Crippen LogP contribution >= 0.6 is 11.6 Å². The van der Waals surface area contributed by atoms with Crippen LogP contribution < -0.4 is 0 Å². The summed E-state index contributed by atoms with van der Waals surface area (Å²) in [5, 5.41) is 14.3. The summed E-state index contributed by atoms with van der Waals surface area (Å²) in [6, 6.07) is 0. The lowest BCUT2D eigenvalue weighted by molar-refractivity contribution is -0.128. The van der Waals surface area contributed by atoms with E-state index in [0.717, 1.165) is 30.5 Å². The van der Waals surface area contributed by atoms with Crippen molar-refractivity contribution in [3.8, 4) is 0 Å². The Kier molecular flexibility index (Phi) is 5.29. The van der Waals surface area contributed by atoms with Crippen LogP contribution in [-0.4, -0.2) is 45.4 Å². The first kappa shape index (κ1) is 17.0. The van der Waals surface area contributed by atoms with E-state index in [1.807, 2.05) is 11.8 Å². The number of aliphatic hydroxyl groups is 1. The highest BCUT2D eigenvalue weighted by molar-refractivity contribution is 6.31. The Balaban J connectivity index is 2.00. The molecular formula is C16H24ClN3O2. The summed E-state index contributed by atoms with van der Waals surface area (Å²) in [4.78, 5) is 14.1. The van der Waals surface area contributed by atoms with Gasteiger partial charge < -0.3 is 10.0 Å². The highest BCUT2D eigenvalue weighted by Gasteiger charge is 2.33.